The highest BCUT2D eigenvalue weighted by Crippen LogP contribution is 2.43. The molecule has 1 saturated carbocycles. The number of hydrogen-bond acceptors (Lipinski definition) is 12. The molecule has 3 aliphatic heterocycles. The summed E-state index contributed by atoms with van der Waals surface area (Å²) in [7, 11) is 1.28. The molecule has 3 fully saturated rings. The molecule has 1 aromatic carbocycles. The van der Waals surface area contributed by atoms with Gasteiger partial charge in [-0.25, -0.2) is 14.2 Å². The van der Waals surface area contributed by atoms with Crippen molar-refractivity contribution in [3.8, 4) is 0 Å². The standard InChI is InChI=1S/C30H31FN8O5S3/c1-44-36-23(19-14-47-30(32)34-19)26(40)35-24-27(41)39-25(29(42)43)15(13-46-28(24)39)12-45-22-4-7-38(16-2-3-16)20-11-21(18(31)10-17(20)22)37-8-5-33-6-9-37/h4,7,10-11,14,16,24,28,33H,2-3,5-6,8-9,12-13H2,1H3,(H3-,32,34,35,40,42,43)/p+1/t24?,28-/m0/s1. The highest BCUT2D eigenvalue weighted by molar-refractivity contribution is 8.01. The number of rotatable bonds is 10. The summed E-state index contributed by atoms with van der Waals surface area (Å²) in [6.07, 6.45) is 4.18. The fraction of sp³-hybridized carbons (Fsp3) is 0.400. The number of carboxylic acid groups (broad SMARTS) is 1. The molecule has 2 saturated heterocycles. The number of nitrogens with two attached hydrogens (primary N) is 1. The number of halogens is 1. The van der Waals surface area contributed by atoms with Crippen molar-refractivity contribution in [2.45, 2.75) is 35.2 Å². The number of amides is 2. The molecule has 2 amide bonds. The number of aliphatic carboxylic acids is 1. The van der Waals surface area contributed by atoms with Gasteiger partial charge in [0.05, 0.1) is 11.1 Å². The zero-order valence-electron chi connectivity index (χ0n) is 25.3. The van der Waals surface area contributed by atoms with Crippen LogP contribution in [0.5, 0.6) is 0 Å². The summed E-state index contributed by atoms with van der Waals surface area (Å²) in [5.41, 5.74) is 7.79. The summed E-state index contributed by atoms with van der Waals surface area (Å²) in [5.74, 6) is -2.10. The maximum atomic E-state index is 15.6. The minimum absolute atomic E-state index is 0.0877. The Labute approximate surface area is 281 Å². The number of piperazine rings is 1. The zero-order valence-corrected chi connectivity index (χ0v) is 27.7. The predicted octanol–water partition coefficient (Wildman–Crippen LogP) is 1.93. The molecule has 7 rings (SSSR count). The number of carboxylic acids is 1. The lowest BCUT2D eigenvalue weighted by Crippen LogP contribution is -2.71. The summed E-state index contributed by atoms with van der Waals surface area (Å²) >= 11 is 3.92. The summed E-state index contributed by atoms with van der Waals surface area (Å²) in [6.45, 7) is 3.06. The Morgan fingerprint density at radius 2 is 2.11 bits per heavy atom. The van der Waals surface area contributed by atoms with Crippen LogP contribution in [0.2, 0.25) is 0 Å². The number of nitrogens with one attached hydrogen (secondary N) is 2. The van der Waals surface area contributed by atoms with Crippen LogP contribution in [0.1, 0.15) is 24.6 Å². The Morgan fingerprint density at radius 1 is 1.32 bits per heavy atom. The third kappa shape index (κ3) is 6.00. The summed E-state index contributed by atoms with van der Waals surface area (Å²) in [5, 5.41) is 21.9. The number of carbonyl (C=O) groups is 3. The first-order valence-electron chi connectivity index (χ1n) is 15.0. The van der Waals surface area contributed by atoms with E-state index in [1.807, 2.05) is 18.3 Å². The van der Waals surface area contributed by atoms with Crippen LogP contribution in [0.25, 0.3) is 10.9 Å². The number of oxime groups is 1. The van der Waals surface area contributed by atoms with Crippen molar-refractivity contribution in [1.29, 1.82) is 0 Å². The number of benzene rings is 1. The van der Waals surface area contributed by atoms with Crippen molar-refractivity contribution in [3.05, 3.63) is 52.6 Å². The van der Waals surface area contributed by atoms with Gasteiger partial charge >= 0.3 is 5.97 Å². The lowest BCUT2D eigenvalue weighted by molar-refractivity contribution is -0.675. The quantitative estimate of drug-likeness (QED) is 0.0803. The van der Waals surface area contributed by atoms with Gasteiger partial charge in [-0.05, 0) is 11.6 Å². The molecule has 0 spiro atoms. The van der Waals surface area contributed by atoms with Gasteiger partial charge in [0, 0.05) is 72.9 Å². The van der Waals surface area contributed by atoms with Crippen LogP contribution in [-0.4, -0.2) is 94.7 Å². The Morgan fingerprint density at radius 3 is 2.79 bits per heavy atom. The van der Waals surface area contributed by atoms with Crippen LogP contribution in [0, 0.1) is 5.82 Å². The first kappa shape index (κ1) is 31.7. The Kier molecular flexibility index (Phi) is 8.71. The number of β-lactam (4-membered cyclic amide) rings is 1. The van der Waals surface area contributed by atoms with Crippen LogP contribution in [0.3, 0.4) is 0 Å². The summed E-state index contributed by atoms with van der Waals surface area (Å²) < 4.78 is 17.8. The molecule has 0 bridgehead atoms. The second-order valence-electron chi connectivity index (χ2n) is 11.5. The van der Waals surface area contributed by atoms with Gasteiger partial charge in [-0.3, -0.25) is 14.5 Å². The van der Waals surface area contributed by atoms with Gasteiger partial charge in [0.15, 0.2) is 23.1 Å². The van der Waals surface area contributed by atoms with Crippen molar-refractivity contribution >= 4 is 80.1 Å². The van der Waals surface area contributed by atoms with Gasteiger partial charge in [-0.1, -0.05) is 5.16 Å². The van der Waals surface area contributed by atoms with E-state index in [9.17, 15) is 19.5 Å². The summed E-state index contributed by atoms with van der Waals surface area (Å²) in [6, 6.07) is 4.93. The molecule has 3 aromatic rings. The van der Waals surface area contributed by atoms with Crippen LogP contribution >= 0.6 is 34.9 Å². The average Bonchev–Trinajstić information content (AvgIpc) is 3.83. The van der Waals surface area contributed by atoms with E-state index in [2.05, 4.69) is 30.2 Å². The number of carbonyl (C=O) groups excluding carboxylic acids is 2. The van der Waals surface area contributed by atoms with Gasteiger partial charge in [0.1, 0.15) is 35.7 Å². The van der Waals surface area contributed by atoms with E-state index < -0.39 is 29.2 Å². The van der Waals surface area contributed by atoms with Crippen LogP contribution in [-0.2, 0) is 19.2 Å². The predicted molar refractivity (Wildman–Crippen MR) is 178 cm³/mol. The first-order valence-corrected chi connectivity index (χ1v) is 18.0. The van der Waals surface area contributed by atoms with Crippen LogP contribution in [0.4, 0.5) is 15.2 Å². The fourth-order valence-corrected chi connectivity index (χ4v) is 9.15. The van der Waals surface area contributed by atoms with E-state index >= 15 is 4.39 Å². The Balaban J connectivity index is 1.11. The first-order chi connectivity index (χ1) is 22.7. The van der Waals surface area contributed by atoms with Gasteiger partial charge in [0.2, 0.25) is 5.52 Å². The topological polar surface area (TPSA) is 166 Å². The SMILES string of the molecule is CON=C(C(=O)NC1C(=O)N2C(C(=O)O)=C(CSc3cc[n+](C4CC4)c4cc(N5CCNCC5)c(F)cc34)CS[C@@H]12)c1csc(N)n1. The molecule has 4 aliphatic rings. The van der Waals surface area contributed by atoms with Gasteiger partial charge < -0.3 is 31.2 Å². The Bertz CT molecular complexity index is 1840. The van der Waals surface area contributed by atoms with E-state index in [-0.39, 0.29) is 28.1 Å². The molecule has 0 radical (unpaired) electrons. The number of anilines is 2. The number of thioether (sulfide) groups is 2. The van der Waals surface area contributed by atoms with Gasteiger partial charge in [0.25, 0.3) is 11.8 Å². The Hall–Kier alpha value is -3.93. The van der Waals surface area contributed by atoms with Crippen LogP contribution in [0.15, 0.2) is 51.1 Å². The van der Waals surface area contributed by atoms with E-state index in [0.29, 0.717) is 28.8 Å². The third-order valence-electron chi connectivity index (χ3n) is 8.49. The molecule has 246 valence electrons. The van der Waals surface area contributed by atoms with Crippen LogP contribution < -0.4 is 25.8 Å². The molecular weight excluding hydrogens is 668 g/mol. The normalized spacial score (nSPS) is 21.5. The second-order valence-corrected chi connectivity index (χ2v) is 14.5. The summed E-state index contributed by atoms with van der Waals surface area (Å²) in [4.78, 5) is 51.9. The molecule has 2 atom stereocenters. The van der Waals surface area contributed by atoms with E-state index in [4.69, 9.17) is 10.6 Å². The molecule has 17 heteroatoms. The molecular formula is C30H32FN8O5S3+. The number of hydrogen-bond donors (Lipinski definition) is 4. The van der Waals surface area contributed by atoms with E-state index in [1.54, 1.807) is 11.4 Å². The largest absolute Gasteiger partial charge is 0.477 e. The van der Waals surface area contributed by atoms with E-state index in [1.165, 1.54) is 35.5 Å². The molecule has 5 N–H and O–H groups in total. The second kappa shape index (κ2) is 12.9. The molecule has 47 heavy (non-hydrogen) atoms. The van der Waals surface area contributed by atoms with Crippen molar-refractivity contribution in [2.75, 3.05) is 55.4 Å². The number of fused-ring (bicyclic) bond motifs is 2. The van der Waals surface area contributed by atoms with Crippen molar-refractivity contribution in [1.82, 2.24) is 20.5 Å². The monoisotopic (exact) mass is 699 g/mol. The van der Waals surface area contributed by atoms with Gasteiger partial charge in [-0.2, -0.15) is 4.57 Å². The minimum atomic E-state index is -1.22. The minimum Gasteiger partial charge on any atom is -0.477 e. The highest BCUT2D eigenvalue weighted by Gasteiger charge is 2.54. The van der Waals surface area contributed by atoms with Crippen molar-refractivity contribution in [2.24, 2.45) is 5.16 Å². The molecule has 1 aliphatic carbocycles. The zero-order chi connectivity index (χ0) is 32.8. The van der Waals surface area contributed by atoms with Crippen molar-refractivity contribution < 1.29 is 33.3 Å². The molecule has 1 unspecified atom stereocenters. The molecule has 5 heterocycles. The maximum absolute atomic E-state index is 15.6. The maximum Gasteiger partial charge on any atom is 0.352 e. The molecule has 2 aromatic heterocycles. The molecule has 13 nitrogen and oxygen atoms in total. The van der Waals surface area contributed by atoms with E-state index in [0.717, 1.165) is 66.2 Å². The number of aromatic nitrogens is 2. The smallest absolute Gasteiger partial charge is 0.352 e. The van der Waals surface area contributed by atoms with Gasteiger partial charge in [-0.15, -0.1) is 34.9 Å². The van der Waals surface area contributed by atoms with Crippen molar-refractivity contribution in [3.63, 3.8) is 0 Å². The number of thiazole rings is 1. The third-order valence-corrected chi connectivity index (χ3v) is 11.7. The fourth-order valence-electron chi connectivity index (χ4n) is 6.09. The number of pyridine rings is 1. The lowest BCUT2D eigenvalue weighted by Gasteiger charge is -2.49. The highest BCUT2D eigenvalue weighted by atomic mass is 32.2. The lowest BCUT2D eigenvalue weighted by atomic mass is 10.0. The number of nitrogens with zero attached hydrogens (tertiary/aromatic N) is 5. The average molecular weight is 700 g/mol. The number of nitrogen functional groups attached to an aromatic ring is 1.